The van der Waals surface area contributed by atoms with Crippen LogP contribution < -0.4 is 5.32 Å². The predicted octanol–water partition coefficient (Wildman–Crippen LogP) is 3.68. The quantitative estimate of drug-likeness (QED) is 0.815. The van der Waals surface area contributed by atoms with Gasteiger partial charge in [0, 0.05) is 25.5 Å². The van der Waals surface area contributed by atoms with Crippen LogP contribution in [-0.2, 0) is 6.54 Å². The lowest BCUT2D eigenvalue weighted by Crippen LogP contribution is -2.12. The number of nitrogens with zero attached hydrogens (tertiary/aromatic N) is 2. The monoisotopic (exact) mass is 235 g/mol. The van der Waals surface area contributed by atoms with Gasteiger partial charge in [-0.3, -0.25) is 0 Å². The van der Waals surface area contributed by atoms with E-state index in [0.717, 1.165) is 31.4 Å². The fourth-order valence-electron chi connectivity index (χ4n) is 2.69. The summed E-state index contributed by atoms with van der Waals surface area (Å²) in [6.07, 6.45) is 13.7. The van der Waals surface area contributed by atoms with Crippen LogP contribution in [0.1, 0.15) is 51.9 Å². The molecule has 1 aromatic rings. The lowest BCUT2D eigenvalue weighted by atomic mass is 9.87. The lowest BCUT2D eigenvalue weighted by Gasteiger charge is -2.21. The molecule has 1 aliphatic carbocycles. The van der Waals surface area contributed by atoms with E-state index in [0.29, 0.717) is 0 Å². The highest BCUT2D eigenvalue weighted by molar-refractivity contribution is 5.25. The third kappa shape index (κ3) is 3.76. The van der Waals surface area contributed by atoms with E-state index in [1.54, 1.807) is 0 Å². The largest absolute Gasteiger partial charge is 0.356 e. The molecule has 2 rings (SSSR count). The van der Waals surface area contributed by atoms with Crippen molar-refractivity contribution < 1.29 is 0 Å². The summed E-state index contributed by atoms with van der Waals surface area (Å²) in [6.45, 7) is 4.32. The molecule has 0 bridgehead atoms. The maximum Gasteiger partial charge on any atom is 0.202 e. The molecule has 1 aromatic heterocycles. The molecule has 0 radical (unpaired) electrons. The minimum Gasteiger partial charge on any atom is -0.356 e. The zero-order valence-electron chi connectivity index (χ0n) is 11.0. The first-order valence-electron chi connectivity index (χ1n) is 7.15. The van der Waals surface area contributed by atoms with Crippen LogP contribution in [0.4, 0.5) is 5.95 Å². The summed E-state index contributed by atoms with van der Waals surface area (Å²) in [5, 5.41) is 3.38. The van der Waals surface area contributed by atoms with E-state index in [2.05, 4.69) is 28.0 Å². The van der Waals surface area contributed by atoms with Crippen LogP contribution in [0.15, 0.2) is 12.4 Å². The van der Waals surface area contributed by atoms with Crippen molar-refractivity contribution in [2.45, 2.75) is 58.4 Å². The maximum atomic E-state index is 4.37. The summed E-state index contributed by atoms with van der Waals surface area (Å²) in [4.78, 5) is 4.37. The zero-order chi connectivity index (χ0) is 11.9. The first-order valence-corrected chi connectivity index (χ1v) is 7.15. The third-order valence-corrected chi connectivity index (χ3v) is 3.75. The van der Waals surface area contributed by atoms with Gasteiger partial charge >= 0.3 is 0 Å². The Kier molecular flexibility index (Phi) is 4.89. The SMILES string of the molecule is CCCNc1nccn1CCC1CCCCC1. The van der Waals surface area contributed by atoms with Crippen molar-refractivity contribution in [1.82, 2.24) is 9.55 Å². The van der Waals surface area contributed by atoms with Crippen molar-refractivity contribution in [3.8, 4) is 0 Å². The normalized spacial score (nSPS) is 17.2. The topological polar surface area (TPSA) is 29.9 Å². The molecule has 1 N–H and O–H groups in total. The van der Waals surface area contributed by atoms with E-state index in [9.17, 15) is 0 Å². The summed E-state index contributed by atoms with van der Waals surface area (Å²) in [7, 11) is 0. The Morgan fingerprint density at radius 3 is 2.94 bits per heavy atom. The van der Waals surface area contributed by atoms with Gasteiger partial charge in [0.15, 0.2) is 0 Å². The van der Waals surface area contributed by atoms with Crippen molar-refractivity contribution in [3.63, 3.8) is 0 Å². The molecule has 0 unspecified atom stereocenters. The van der Waals surface area contributed by atoms with Gasteiger partial charge in [0.1, 0.15) is 0 Å². The number of anilines is 1. The minimum absolute atomic E-state index is 0.949. The van der Waals surface area contributed by atoms with Gasteiger partial charge in [0.05, 0.1) is 0 Å². The number of hydrogen-bond donors (Lipinski definition) is 1. The molecule has 0 aromatic carbocycles. The van der Waals surface area contributed by atoms with Crippen LogP contribution in [-0.4, -0.2) is 16.1 Å². The second kappa shape index (κ2) is 6.67. The van der Waals surface area contributed by atoms with E-state index in [4.69, 9.17) is 0 Å². The van der Waals surface area contributed by atoms with Gasteiger partial charge < -0.3 is 9.88 Å². The molecule has 0 atom stereocenters. The molecular formula is C14H25N3. The van der Waals surface area contributed by atoms with Gasteiger partial charge in [-0.15, -0.1) is 0 Å². The summed E-state index contributed by atoms with van der Waals surface area (Å²) in [5.41, 5.74) is 0. The minimum atomic E-state index is 0.949. The highest BCUT2D eigenvalue weighted by Crippen LogP contribution is 2.26. The standard InChI is InChI=1S/C14H25N3/c1-2-9-15-14-16-10-12-17(14)11-8-13-6-4-3-5-7-13/h10,12-13H,2-9,11H2,1H3,(H,15,16). The van der Waals surface area contributed by atoms with Crippen LogP contribution in [0, 0.1) is 5.92 Å². The van der Waals surface area contributed by atoms with Gasteiger partial charge in [0.25, 0.3) is 0 Å². The molecule has 3 nitrogen and oxygen atoms in total. The predicted molar refractivity (Wildman–Crippen MR) is 72.2 cm³/mol. The van der Waals surface area contributed by atoms with E-state index in [1.165, 1.54) is 38.5 Å². The Balaban J connectivity index is 1.79. The molecule has 1 aliphatic rings. The molecule has 0 saturated heterocycles. The second-order valence-electron chi connectivity index (χ2n) is 5.16. The summed E-state index contributed by atoms with van der Waals surface area (Å²) in [5.74, 6) is 1.99. The maximum absolute atomic E-state index is 4.37. The fourth-order valence-corrected chi connectivity index (χ4v) is 2.69. The summed E-state index contributed by atoms with van der Waals surface area (Å²) < 4.78 is 2.27. The Morgan fingerprint density at radius 1 is 1.35 bits per heavy atom. The van der Waals surface area contributed by atoms with E-state index in [-0.39, 0.29) is 0 Å². The second-order valence-corrected chi connectivity index (χ2v) is 5.16. The molecule has 1 saturated carbocycles. The molecule has 0 aliphatic heterocycles. The number of imidazole rings is 1. The first kappa shape index (κ1) is 12.5. The number of rotatable bonds is 6. The molecule has 1 heterocycles. The average Bonchev–Trinajstić information content (AvgIpc) is 2.82. The smallest absolute Gasteiger partial charge is 0.202 e. The molecule has 1 fully saturated rings. The number of aryl methyl sites for hydroxylation is 1. The van der Waals surface area contributed by atoms with Gasteiger partial charge in [-0.05, 0) is 18.8 Å². The average molecular weight is 235 g/mol. The number of aromatic nitrogens is 2. The van der Waals surface area contributed by atoms with Crippen LogP contribution in [0.25, 0.3) is 0 Å². The molecule has 0 spiro atoms. The summed E-state index contributed by atoms with van der Waals surface area (Å²) >= 11 is 0. The highest BCUT2D eigenvalue weighted by atomic mass is 15.2. The van der Waals surface area contributed by atoms with Crippen molar-refractivity contribution in [3.05, 3.63) is 12.4 Å². The molecule has 17 heavy (non-hydrogen) atoms. The molecule has 3 heteroatoms. The number of hydrogen-bond acceptors (Lipinski definition) is 2. The van der Waals surface area contributed by atoms with Crippen LogP contribution in [0.2, 0.25) is 0 Å². The molecule has 96 valence electrons. The lowest BCUT2D eigenvalue weighted by molar-refractivity contribution is 0.324. The van der Waals surface area contributed by atoms with Gasteiger partial charge in [-0.1, -0.05) is 39.0 Å². The third-order valence-electron chi connectivity index (χ3n) is 3.75. The molecular weight excluding hydrogens is 210 g/mol. The Bertz CT molecular complexity index is 313. The van der Waals surface area contributed by atoms with E-state index < -0.39 is 0 Å². The Morgan fingerprint density at radius 2 is 2.18 bits per heavy atom. The summed E-state index contributed by atoms with van der Waals surface area (Å²) in [6, 6.07) is 0. The van der Waals surface area contributed by atoms with E-state index >= 15 is 0 Å². The van der Waals surface area contributed by atoms with Crippen molar-refractivity contribution >= 4 is 5.95 Å². The van der Waals surface area contributed by atoms with Crippen LogP contribution >= 0.6 is 0 Å². The number of nitrogens with one attached hydrogen (secondary N) is 1. The zero-order valence-corrected chi connectivity index (χ0v) is 11.0. The Hall–Kier alpha value is -0.990. The van der Waals surface area contributed by atoms with Crippen molar-refractivity contribution in [2.24, 2.45) is 5.92 Å². The van der Waals surface area contributed by atoms with Crippen molar-refractivity contribution in [2.75, 3.05) is 11.9 Å². The van der Waals surface area contributed by atoms with Crippen LogP contribution in [0.3, 0.4) is 0 Å². The highest BCUT2D eigenvalue weighted by Gasteiger charge is 2.13. The van der Waals surface area contributed by atoms with Gasteiger partial charge in [0.2, 0.25) is 5.95 Å². The fraction of sp³-hybridized carbons (Fsp3) is 0.786. The Labute approximate surface area is 105 Å². The van der Waals surface area contributed by atoms with Gasteiger partial charge in [-0.25, -0.2) is 4.98 Å². The van der Waals surface area contributed by atoms with E-state index in [1.807, 2.05) is 6.20 Å². The molecule has 0 amide bonds. The van der Waals surface area contributed by atoms with Crippen LogP contribution in [0.5, 0.6) is 0 Å². The van der Waals surface area contributed by atoms with Gasteiger partial charge in [-0.2, -0.15) is 0 Å². The van der Waals surface area contributed by atoms with Crippen molar-refractivity contribution in [1.29, 1.82) is 0 Å². The first-order chi connectivity index (χ1) is 8.40.